The third kappa shape index (κ3) is 7.94. The summed E-state index contributed by atoms with van der Waals surface area (Å²) in [7, 11) is -2.12. The van der Waals surface area contributed by atoms with Crippen LogP contribution in [0.25, 0.3) is 0 Å². The molecule has 2 bridgehead atoms. The summed E-state index contributed by atoms with van der Waals surface area (Å²) in [6, 6.07) is 11.6. The van der Waals surface area contributed by atoms with E-state index < -0.39 is 26.8 Å². The highest BCUT2D eigenvalue weighted by Gasteiger charge is 2.50. The smallest absolute Gasteiger partial charge is 0.264 e. The van der Waals surface area contributed by atoms with E-state index in [1.807, 2.05) is 32.2 Å². The van der Waals surface area contributed by atoms with Gasteiger partial charge >= 0.3 is 0 Å². The molecular formula is C42H57ClN4O7S. The van der Waals surface area contributed by atoms with Crippen LogP contribution in [0.5, 0.6) is 5.75 Å². The topological polar surface area (TPSA) is 110 Å². The highest BCUT2D eigenvalue weighted by atomic mass is 35.5. The lowest BCUT2D eigenvalue weighted by molar-refractivity contribution is -0.101. The first kappa shape index (κ1) is 39.1. The number of rotatable bonds is 5. The third-order valence-electron chi connectivity index (χ3n) is 13.6. The lowest BCUT2D eigenvalue weighted by atomic mass is 9.63. The van der Waals surface area contributed by atoms with E-state index in [-0.39, 0.29) is 23.5 Å². The van der Waals surface area contributed by atoms with Gasteiger partial charge in [0.25, 0.3) is 5.91 Å². The molecule has 4 heterocycles. The first-order chi connectivity index (χ1) is 26.5. The number of carbonyl (C=O) groups excluding carboxylic acids is 1. The number of methoxy groups -OCH3 is 1. The SMILES string of the molecule is CO[C@@]1(CN2CCN(CC3OCCO3)CC2)/C=C/C[C@H](C)[C@@H](C)S(=O)(=O)NC(=O)c2ccc3c(c2)N(C[C@@H]2CC[C@H]21)C[C@@]1(CCCc2cc(Cl)ccc21)CO3. The zero-order valence-electron chi connectivity index (χ0n) is 32.5. The summed E-state index contributed by atoms with van der Waals surface area (Å²) in [6.07, 6.45) is 9.85. The monoisotopic (exact) mass is 796 g/mol. The number of carbonyl (C=O) groups is 1. The summed E-state index contributed by atoms with van der Waals surface area (Å²) in [5, 5.41) is -0.0452. The number of piperazine rings is 1. The Bertz CT molecular complexity index is 1870. The van der Waals surface area contributed by atoms with E-state index in [1.54, 1.807) is 13.0 Å². The zero-order valence-corrected chi connectivity index (χ0v) is 34.1. The fraction of sp³-hybridized carbons (Fsp3) is 0.643. The van der Waals surface area contributed by atoms with E-state index in [0.717, 1.165) is 88.6 Å². The molecule has 3 fully saturated rings. The van der Waals surface area contributed by atoms with Crippen molar-refractivity contribution in [3.05, 3.63) is 70.3 Å². The standard InChI is InChI=1S/C42H57ClN4O7S/c1-29-6-4-15-42(51-3,27-46-18-16-45(17-19-46)25-39-52-20-21-53-39)36-11-8-33(36)24-47-26-41(14-5-7-31-22-34(43)10-12-35(31)41)28-54-38-13-9-32(23-37(38)47)40(48)44-55(49,50)30(29)2/h4,9-10,12-13,15,22-23,29-30,33,36,39H,5-8,11,14,16-21,24-28H2,1-3H3,(H,44,48)/b15-4+/t29-,30+,33-,36+,41-,42+/m0/s1. The van der Waals surface area contributed by atoms with E-state index in [9.17, 15) is 13.2 Å². The normalized spacial score (nSPS) is 33.8. The van der Waals surface area contributed by atoms with E-state index in [0.29, 0.717) is 50.0 Å². The van der Waals surface area contributed by atoms with Crippen molar-refractivity contribution < 1.29 is 32.2 Å². The van der Waals surface area contributed by atoms with Crippen LogP contribution in [0.2, 0.25) is 5.02 Å². The molecule has 2 saturated heterocycles. The second-order valence-corrected chi connectivity index (χ2v) is 19.4. The number of allylic oxidation sites excluding steroid dienone is 1. The van der Waals surface area contributed by atoms with Crippen molar-refractivity contribution >= 4 is 33.2 Å². The van der Waals surface area contributed by atoms with Gasteiger partial charge in [-0.15, -0.1) is 0 Å². The number of amides is 1. The molecule has 2 aromatic carbocycles. The molecule has 0 aromatic heterocycles. The van der Waals surface area contributed by atoms with Gasteiger partial charge in [0, 0.05) is 75.5 Å². The van der Waals surface area contributed by atoms with Crippen molar-refractivity contribution in [2.45, 2.75) is 74.9 Å². The van der Waals surface area contributed by atoms with Gasteiger partial charge in [-0.2, -0.15) is 0 Å². The Morgan fingerprint density at radius 1 is 1.02 bits per heavy atom. The quantitative estimate of drug-likeness (QED) is 0.403. The number of ether oxygens (including phenoxy) is 4. The molecule has 6 aliphatic rings. The Hall–Kier alpha value is -2.71. The van der Waals surface area contributed by atoms with Crippen LogP contribution in [-0.2, 0) is 36.1 Å². The van der Waals surface area contributed by atoms with Gasteiger partial charge in [-0.25, -0.2) is 13.1 Å². The van der Waals surface area contributed by atoms with E-state index in [4.69, 9.17) is 30.5 Å². The van der Waals surface area contributed by atoms with E-state index in [1.165, 1.54) is 11.1 Å². The Kier molecular flexibility index (Phi) is 11.3. The van der Waals surface area contributed by atoms with Crippen molar-refractivity contribution in [2.24, 2.45) is 17.8 Å². The van der Waals surface area contributed by atoms with Crippen molar-refractivity contribution in [2.75, 3.05) is 84.2 Å². The van der Waals surface area contributed by atoms with Gasteiger partial charge < -0.3 is 23.8 Å². The fourth-order valence-corrected chi connectivity index (χ4v) is 11.5. The molecule has 4 aliphatic heterocycles. The highest BCUT2D eigenvalue weighted by Crippen LogP contribution is 2.49. The second-order valence-electron chi connectivity index (χ2n) is 16.9. The number of hydrogen-bond donors (Lipinski definition) is 1. The molecule has 6 atom stereocenters. The maximum Gasteiger partial charge on any atom is 0.264 e. The Morgan fingerprint density at radius 2 is 1.80 bits per heavy atom. The molecular weight excluding hydrogens is 740 g/mol. The van der Waals surface area contributed by atoms with Crippen LogP contribution in [-0.4, -0.2) is 121 Å². The van der Waals surface area contributed by atoms with Gasteiger partial charge in [-0.05, 0) is 105 Å². The van der Waals surface area contributed by atoms with Gasteiger partial charge in [0.15, 0.2) is 6.29 Å². The molecule has 55 heavy (non-hydrogen) atoms. The largest absolute Gasteiger partial charge is 0.490 e. The zero-order chi connectivity index (χ0) is 38.4. The van der Waals surface area contributed by atoms with Gasteiger partial charge in [0.05, 0.1) is 30.8 Å². The molecule has 1 spiro atoms. The number of halogens is 1. The van der Waals surface area contributed by atoms with Crippen LogP contribution in [0.15, 0.2) is 48.6 Å². The average Bonchev–Trinajstić information content (AvgIpc) is 3.62. The molecule has 0 radical (unpaired) electrons. The molecule has 2 aromatic rings. The molecule has 1 N–H and O–H groups in total. The fourth-order valence-electron chi connectivity index (χ4n) is 10.0. The molecule has 1 saturated carbocycles. The maximum absolute atomic E-state index is 13.7. The summed E-state index contributed by atoms with van der Waals surface area (Å²) in [4.78, 5) is 21.1. The molecule has 1 amide bonds. The summed E-state index contributed by atoms with van der Waals surface area (Å²) < 4.78 is 54.6. The minimum atomic E-state index is -3.97. The number of anilines is 1. The van der Waals surface area contributed by atoms with E-state index in [2.05, 4.69) is 43.7 Å². The first-order valence-electron chi connectivity index (χ1n) is 20.2. The van der Waals surface area contributed by atoms with Crippen molar-refractivity contribution in [1.29, 1.82) is 0 Å². The Labute approximate surface area is 331 Å². The summed E-state index contributed by atoms with van der Waals surface area (Å²) in [5.74, 6) is 0.417. The highest BCUT2D eigenvalue weighted by molar-refractivity contribution is 7.90. The van der Waals surface area contributed by atoms with Crippen LogP contribution in [0.3, 0.4) is 0 Å². The maximum atomic E-state index is 13.7. The number of fused-ring (bicyclic) bond motifs is 4. The number of aryl methyl sites for hydroxylation is 1. The van der Waals surface area contributed by atoms with Crippen LogP contribution in [0, 0.1) is 17.8 Å². The van der Waals surface area contributed by atoms with Crippen LogP contribution >= 0.6 is 11.6 Å². The van der Waals surface area contributed by atoms with Crippen molar-refractivity contribution in [3.63, 3.8) is 0 Å². The molecule has 0 unspecified atom stereocenters. The van der Waals surface area contributed by atoms with Gasteiger partial charge in [0.2, 0.25) is 10.0 Å². The molecule has 2 aliphatic carbocycles. The lowest BCUT2D eigenvalue weighted by Crippen LogP contribution is -2.59. The summed E-state index contributed by atoms with van der Waals surface area (Å²) in [5.41, 5.74) is 2.84. The summed E-state index contributed by atoms with van der Waals surface area (Å²) >= 11 is 6.51. The first-order valence-corrected chi connectivity index (χ1v) is 22.2. The van der Waals surface area contributed by atoms with Gasteiger partial charge in [-0.3, -0.25) is 14.6 Å². The van der Waals surface area contributed by atoms with Crippen molar-refractivity contribution in [1.82, 2.24) is 14.5 Å². The molecule has 11 nitrogen and oxygen atoms in total. The van der Waals surface area contributed by atoms with Crippen LogP contribution < -0.4 is 14.4 Å². The Morgan fingerprint density at radius 3 is 2.55 bits per heavy atom. The molecule has 300 valence electrons. The second kappa shape index (κ2) is 15.9. The van der Waals surface area contributed by atoms with Gasteiger partial charge in [-0.1, -0.05) is 36.7 Å². The van der Waals surface area contributed by atoms with Crippen molar-refractivity contribution in [3.8, 4) is 5.75 Å². The number of nitrogens with one attached hydrogen (secondary N) is 1. The minimum Gasteiger partial charge on any atom is -0.490 e. The number of benzene rings is 2. The van der Waals surface area contributed by atoms with Crippen LogP contribution in [0.1, 0.15) is 67.4 Å². The van der Waals surface area contributed by atoms with E-state index >= 15 is 0 Å². The van der Waals surface area contributed by atoms with Crippen LogP contribution in [0.4, 0.5) is 5.69 Å². The minimum absolute atomic E-state index is 0.144. The predicted octanol–water partition coefficient (Wildman–Crippen LogP) is 5.26. The Balaban J connectivity index is 1.14. The summed E-state index contributed by atoms with van der Waals surface area (Å²) in [6.45, 7) is 12.2. The average molecular weight is 797 g/mol. The lowest BCUT2D eigenvalue weighted by Gasteiger charge is -2.52. The molecule has 13 heteroatoms. The third-order valence-corrected chi connectivity index (χ3v) is 15.8. The van der Waals surface area contributed by atoms with Gasteiger partial charge in [0.1, 0.15) is 11.4 Å². The number of hydrogen-bond acceptors (Lipinski definition) is 10. The number of nitrogens with zero attached hydrogens (tertiary/aromatic N) is 3. The molecule has 8 rings (SSSR count). The predicted molar refractivity (Wildman–Crippen MR) is 214 cm³/mol. The number of sulfonamides is 1.